The van der Waals surface area contributed by atoms with Crippen LogP contribution in [0.4, 0.5) is 17.6 Å². The fraction of sp³-hybridized carbons (Fsp3) is 0.462. The first-order chi connectivity index (χ1) is 9.78. The lowest BCUT2D eigenvalue weighted by molar-refractivity contribution is -0.174. The average Bonchev–Trinajstić information content (AvgIpc) is 2.71. The molecule has 0 fully saturated rings. The lowest BCUT2D eigenvalue weighted by atomic mass is 10.3. The first-order valence-electron chi connectivity index (χ1n) is 6.22. The van der Waals surface area contributed by atoms with E-state index >= 15 is 0 Å². The fourth-order valence-corrected chi connectivity index (χ4v) is 2.17. The van der Waals surface area contributed by atoms with Crippen LogP contribution in [-0.2, 0) is 11.3 Å². The highest BCUT2D eigenvalue weighted by atomic mass is 35.5. The number of rotatable bonds is 5. The van der Waals surface area contributed by atoms with Crippen LogP contribution in [0.3, 0.4) is 0 Å². The summed E-state index contributed by atoms with van der Waals surface area (Å²) in [6.07, 6.45) is -4.36. The zero-order valence-electron chi connectivity index (χ0n) is 11.1. The molecule has 0 amide bonds. The Bertz CT molecular complexity index is 624. The zero-order valence-corrected chi connectivity index (χ0v) is 11.9. The lowest BCUT2D eigenvalue weighted by Crippen LogP contribution is -2.19. The second-order valence-electron chi connectivity index (χ2n) is 4.54. The Morgan fingerprint density at radius 1 is 1.38 bits per heavy atom. The van der Waals surface area contributed by atoms with Crippen LogP contribution in [0.1, 0.15) is 18.1 Å². The van der Waals surface area contributed by atoms with Crippen LogP contribution >= 0.6 is 11.6 Å². The van der Waals surface area contributed by atoms with Gasteiger partial charge in [-0.25, -0.2) is 9.37 Å². The third-order valence-corrected chi connectivity index (χ3v) is 3.02. The van der Waals surface area contributed by atoms with E-state index in [-0.39, 0.29) is 13.2 Å². The molecule has 0 bridgehead atoms. The van der Waals surface area contributed by atoms with Crippen molar-refractivity contribution < 1.29 is 22.3 Å². The highest BCUT2D eigenvalue weighted by molar-refractivity contribution is 6.20. The number of benzene rings is 1. The highest BCUT2D eigenvalue weighted by Crippen LogP contribution is 2.25. The number of alkyl halides is 4. The van der Waals surface area contributed by atoms with Crippen molar-refractivity contribution in [3.05, 3.63) is 29.8 Å². The SMILES string of the molecule is CC(Cl)c1nc2cc(F)ccc2n1CCOCC(F)(F)F. The van der Waals surface area contributed by atoms with Gasteiger partial charge in [0.1, 0.15) is 18.2 Å². The van der Waals surface area contributed by atoms with Gasteiger partial charge in [0, 0.05) is 12.6 Å². The van der Waals surface area contributed by atoms with Gasteiger partial charge in [-0.15, -0.1) is 11.6 Å². The third-order valence-electron chi connectivity index (χ3n) is 2.82. The molecule has 0 aliphatic carbocycles. The first-order valence-corrected chi connectivity index (χ1v) is 6.66. The predicted octanol–water partition coefficient (Wildman–Crippen LogP) is 4.05. The molecule has 3 nitrogen and oxygen atoms in total. The molecule has 0 aliphatic heterocycles. The summed E-state index contributed by atoms with van der Waals surface area (Å²) < 4.78 is 55.5. The van der Waals surface area contributed by atoms with Gasteiger partial charge in [0.05, 0.1) is 23.0 Å². The van der Waals surface area contributed by atoms with Crippen molar-refractivity contribution >= 4 is 22.6 Å². The van der Waals surface area contributed by atoms with Gasteiger partial charge in [-0.2, -0.15) is 13.2 Å². The highest BCUT2D eigenvalue weighted by Gasteiger charge is 2.27. The van der Waals surface area contributed by atoms with Crippen LogP contribution in [0.25, 0.3) is 11.0 Å². The average molecular weight is 325 g/mol. The number of nitrogens with zero attached hydrogens (tertiary/aromatic N) is 2. The number of ether oxygens (including phenoxy) is 1. The summed E-state index contributed by atoms with van der Waals surface area (Å²) in [7, 11) is 0. The number of hydrogen-bond donors (Lipinski definition) is 0. The van der Waals surface area contributed by atoms with Crippen LogP contribution in [-0.4, -0.2) is 28.9 Å². The van der Waals surface area contributed by atoms with Gasteiger partial charge in [0.2, 0.25) is 0 Å². The van der Waals surface area contributed by atoms with E-state index < -0.39 is 24.0 Å². The minimum atomic E-state index is -4.36. The van der Waals surface area contributed by atoms with Crippen molar-refractivity contribution in [3.63, 3.8) is 0 Å². The maximum absolute atomic E-state index is 13.2. The first kappa shape index (κ1) is 16.0. The maximum Gasteiger partial charge on any atom is 0.411 e. The van der Waals surface area contributed by atoms with E-state index in [0.29, 0.717) is 16.9 Å². The van der Waals surface area contributed by atoms with Crippen LogP contribution in [0, 0.1) is 5.82 Å². The minimum Gasteiger partial charge on any atom is -0.370 e. The summed E-state index contributed by atoms with van der Waals surface area (Å²) in [5.41, 5.74) is 1.02. The second kappa shape index (κ2) is 6.19. The molecular weight excluding hydrogens is 312 g/mol. The Balaban J connectivity index is 2.19. The molecule has 0 radical (unpaired) electrons. The van der Waals surface area contributed by atoms with Gasteiger partial charge in [-0.1, -0.05) is 0 Å². The molecule has 1 aromatic carbocycles. The minimum absolute atomic E-state index is 0.140. The molecular formula is C13H13ClF4N2O. The standard InChI is InChI=1S/C13H13ClF4N2O/c1-8(14)12-19-10-6-9(15)2-3-11(10)20(12)4-5-21-7-13(16,17)18/h2-3,6,8H,4-5,7H2,1H3. The second-order valence-corrected chi connectivity index (χ2v) is 5.19. The van der Waals surface area contributed by atoms with E-state index in [4.69, 9.17) is 11.6 Å². The van der Waals surface area contributed by atoms with E-state index in [1.165, 1.54) is 18.2 Å². The van der Waals surface area contributed by atoms with Crippen molar-refractivity contribution in [3.8, 4) is 0 Å². The third kappa shape index (κ3) is 4.07. The molecule has 116 valence electrons. The molecule has 2 rings (SSSR count). The molecule has 0 N–H and O–H groups in total. The molecule has 1 unspecified atom stereocenters. The molecule has 1 atom stereocenters. The number of fused-ring (bicyclic) bond motifs is 1. The summed E-state index contributed by atoms with van der Waals surface area (Å²) in [6, 6.07) is 4.04. The Labute approximate surface area is 123 Å². The molecule has 0 aliphatic rings. The van der Waals surface area contributed by atoms with Crippen LogP contribution in [0.15, 0.2) is 18.2 Å². The van der Waals surface area contributed by atoms with Crippen molar-refractivity contribution in [1.82, 2.24) is 9.55 Å². The van der Waals surface area contributed by atoms with Gasteiger partial charge >= 0.3 is 6.18 Å². The van der Waals surface area contributed by atoms with Gasteiger partial charge in [0.15, 0.2) is 0 Å². The summed E-state index contributed by atoms with van der Waals surface area (Å²) >= 11 is 6.01. The molecule has 0 saturated carbocycles. The maximum atomic E-state index is 13.2. The van der Waals surface area contributed by atoms with Gasteiger partial charge < -0.3 is 9.30 Å². The van der Waals surface area contributed by atoms with Gasteiger partial charge in [0.25, 0.3) is 0 Å². The smallest absolute Gasteiger partial charge is 0.370 e. The van der Waals surface area contributed by atoms with E-state index in [1.807, 2.05) is 0 Å². The summed E-state index contributed by atoms with van der Waals surface area (Å²) in [4.78, 5) is 4.21. The largest absolute Gasteiger partial charge is 0.411 e. The fourth-order valence-electron chi connectivity index (χ4n) is 2.00. The number of aromatic nitrogens is 2. The van der Waals surface area contributed by atoms with Crippen LogP contribution in [0.2, 0.25) is 0 Å². The Morgan fingerprint density at radius 3 is 2.71 bits per heavy atom. The normalized spacial score (nSPS) is 13.8. The van der Waals surface area contributed by atoms with Crippen molar-refractivity contribution in [2.45, 2.75) is 25.0 Å². The zero-order chi connectivity index (χ0) is 15.6. The van der Waals surface area contributed by atoms with E-state index in [9.17, 15) is 17.6 Å². The van der Waals surface area contributed by atoms with E-state index in [2.05, 4.69) is 9.72 Å². The quantitative estimate of drug-likeness (QED) is 0.471. The summed E-state index contributed by atoms with van der Waals surface area (Å²) in [6.45, 7) is 0.399. The number of halogens is 5. The van der Waals surface area contributed by atoms with Crippen molar-refractivity contribution in [2.24, 2.45) is 0 Å². The molecule has 2 aromatic rings. The van der Waals surface area contributed by atoms with Gasteiger partial charge in [-0.3, -0.25) is 0 Å². The van der Waals surface area contributed by atoms with E-state index in [1.54, 1.807) is 11.5 Å². The number of imidazole rings is 1. The van der Waals surface area contributed by atoms with Crippen molar-refractivity contribution in [2.75, 3.05) is 13.2 Å². The lowest BCUT2D eigenvalue weighted by Gasteiger charge is -2.12. The summed E-state index contributed by atoms with van der Waals surface area (Å²) in [5, 5.41) is -0.455. The molecule has 0 spiro atoms. The van der Waals surface area contributed by atoms with Crippen LogP contribution in [0.5, 0.6) is 0 Å². The van der Waals surface area contributed by atoms with E-state index in [0.717, 1.165) is 0 Å². The molecule has 21 heavy (non-hydrogen) atoms. The number of hydrogen-bond acceptors (Lipinski definition) is 2. The topological polar surface area (TPSA) is 27.1 Å². The Kier molecular flexibility index (Phi) is 4.73. The Morgan fingerprint density at radius 2 is 2.10 bits per heavy atom. The molecule has 1 heterocycles. The van der Waals surface area contributed by atoms with Crippen molar-refractivity contribution in [1.29, 1.82) is 0 Å². The predicted molar refractivity (Wildman–Crippen MR) is 70.8 cm³/mol. The monoisotopic (exact) mass is 324 g/mol. The summed E-state index contributed by atoms with van der Waals surface area (Å²) in [5.74, 6) is 0.0297. The molecule has 1 aromatic heterocycles. The Hall–Kier alpha value is -1.34. The molecule has 0 saturated heterocycles. The molecule has 8 heteroatoms. The van der Waals surface area contributed by atoms with Gasteiger partial charge in [-0.05, 0) is 19.1 Å². The van der Waals surface area contributed by atoms with Crippen LogP contribution < -0.4 is 0 Å².